The van der Waals surface area contributed by atoms with Crippen molar-refractivity contribution in [3.05, 3.63) is 28.2 Å². The minimum atomic E-state index is 0.349. The molecule has 0 aliphatic heterocycles. The lowest BCUT2D eigenvalue weighted by molar-refractivity contribution is 0.0846. The maximum absolute atomic E-state index is 5.82. The van der Waals surface area contributed by atoms with E-state index in [1.54, 1.807) is 7.11 Å². The Morgan fingerprint density at radius 1 is 1.35 bits per heavy atom. The lowest BCUT2D eigenvalue weighted by Gasteiger charge is -2.20. The van der Waals surface area contributed by atoms with Crippen LogP contribution in [-0.4, -0.2) is 25.9 Å². The maximum Gasteiger partial charge on any atom is 0.123 e. The number of methoxy groups -OCH3 is 1. The van der Waals surface area contributed by atoms with E-state index in [0.717, 1.165) is 36.2 Å². The fourth-order valence-corrected chi connectivity index (χ4v) is 3.13. The average molecular weight is 342 g/mol. The molecule has 1 aromatic carbocycles. The van der Waals surface area contributed by atoms with Crippen LogP contribution in [0.4, 0.5) is 0 Å². The molecule has 1 aromatic rings. The second kappa shape index (κ2) is 8.01. The molecular weight excluding hydrogens is 318 g/mol. The van der Waals surface area contributed by atoms with Crippen LogP contribution in [0.3, 0.4) is 0 Å². The van der Waals surface area contributed by atoms with Crippen molar-refractivity contribution in [3.63, 3.8) is 0 Å². The Kier molecular flexibility index (Phi) is 6.33. The Morgan fingerprint density at radius 3 is 2.95 bits per heavy atom. The highest BCUT2D eigenvalue weighted by molar-refractivity contribution is 9.10. The summed E-state index contributed by atoms with van der Waals surface area (Å²) in [5.74, 6) is 0.981. The van der Waals surface area contributed by atoms with Gasteiger partial charge in [0.15, 0.2) is 0 Å². The van der Waals surface area contributed by atoms with Gasteiger partial charge in [-0.25, -0.2) is 0 Å². The van der Waals surface area contributed by atoms with Crippen molar-refractivity contribution in [2.24, 2.45) is 0 Å². The summed E-state index contributed by atoms with van der Waals surface area (Å²) in [6.45, 7) is 3.71. The van der Waals surface area contributed by atoms with Gasteiger partial charge in [0.25, 0.3) is 0 Å². The molecule has 1 fully saturated rings. The van der Waals surface area contributed by atoms with Gasteiger partial charge in [-0.05, 0) is 43.9 Å². The Hall–Kier alpha value is -0.580. The van der Waals surface area contributed by atoms with Crippen molar-refractivity contribution in [2.75, 3.05) is 13.7 Å². The standard InChI is InChI=1S/C16H24BrNO2/c1-3-9-20-15-8-7-13(17)10-12(15)11-18-14-5-4-6-16(14)19-2/h7-8,10,14,16,18H,3-6,9,11H2,1-2H3. The van der Waals surface area contributed by atoms with Crippen molar-refractivity contribution in [2.45, 2.75) is 51.3 Å². The quantitative estimate of drug-likeness (QED) is 0.815. The van der Waals surface area contributed by atoms with E-state index >= 15 is 0 Å². The molecule has 3 nitrogen and oxygen atoms in total. The van der Waals surface area contributed by atoms with E-state index in [1.807, 2.05) is 12.1 Å². The van der Waals surface area contributed by atoms with Crippen molar-refractivity contribution in [1.82, 2.24) is 5.32 Å². The van der Waals surface area contributed by atoms with Gasteiger partial charge in [-0.15, -0.1) is 0 Å². The Bertz CT molecular complexity index is 425. The molecule has 1 aliphatic carbocycles. The largest absolute Gasteiger partial charge is 0.493 e. The van der Waals surface area contributed by atoms with Crippen LogP contribution in [0.1, 0.15) is 38.2 Å². The third-order valence-electron chi connectivity index (χ3n) is 3.79. The van der Waals surface area contributed by atoms with Crippen molar-refractivity contribution < 1.29 is 9.47 Å². The van der Waals surface area contributed by atoms with Crippen LogP contribution in [-0.2, 0) is 11.3 Å². The summed E-state index contributed by atoms with van der Waals surface area (Å²) < 4.78 is 12.4. The van der Waals surface area contributed by atoms with E-state index in [-0.39, 0.29) is 0 Å². The molecule has 2 unspecified atom stereocenters. The summed E-state index contributed by atoms with van der Waals surface area (Å²) in [4.78, 5) is 0. The van der Waals surface area contributed by atoms with E-state index in [1.165, 1.54) is 18.4 Å². The summed E-state index contributed by atoms with van der Waals surface area (Å²) in [5.41, 5.74) is 1.20. The number of hydrogen-bond acceptors (Lipinski definition) is 3. The number of halogens is 1. The first kappa shape index (κ1) is 15.8. The van der Waals surface area contributed by atoms with Crippen LogP contribution in [0.15, 0.2) is 22.7 Å². The highest BCUT2D eigenvalue weighted by atomic mass is 79.9. The Balaban J connectivity index is 1.98. The van der Waals surface area contributed by atoms with E-state index in [4.69, 9.17) is 9.47 Å². The zero-order chi connectivity index (χ0) is 14.4. The smallest absolute Gasteiger partial charge is 0.123 e. The third kappa shape index (κ3) is 4.21. The molecule has 0 amide bonds. The van der Waals surface area contributed by atoms with Crippen LogP contribution in [0.5, 0.6) is 5.75 Å². The van der Waals surface area contributed by atoms with E-state index in [0.29, 0.717) is 12.1 Å². The first-order chi connectivity index (χ1) is 9.74. The number of rotatable bonds is 7. The zero-order valence-corrected chi connectivity index (χ0v) is 13.9. The monoisotopic (exact) mass is 341 g/mol. The normalized spacial score (nSPS) is 22.1. The summed E-state index contributed by atoms with van der Waals surface area (Å²) in [6, 6.07) is 6.66. The second-order valence-electron chi connectivity index (χ2n) is 5.29. The average Bonchev–Trinajstić information content (AvgIpc) is 2.91. The maximum atomic E-state index is 5.82. The Morgan fingerprint density at radius 2 is 2.20 bits per heavy atom. The molecule has 20 heavy (non-hydrogen) atoms. The fourth-order valence-electron chi connectivity index (χ4n) is 2.72. The van der Waals surface area contributed by atoms with Crippen LogP contribution in [0.25, 0.3) is 0 Å². The lowest BCUT2D eigenvalue weighted by atomic mass is 10.1. The van der Waals surface area contributed by atoms with Crippen LogP contribution in [0.2, 0.25) is 0 Å². The molecule has 0 radical (unpaired) electrons. The van der Waals surface area contributed by atoms with Gasteiger partial charge in [-0.3, -0.25) is 0 Å². The van der Waals surface area contributed by atoms with Gasteiger partial charge < -0.3 is 14.8 Å². The molecule has 0 saturated heterocycles. The van der Waals surface area contributed by atoms with Crippen LogP contribution >= 0.6 is 15.9 Å². The fraction of sp³-hybridized carbons (Fsp3) is 0.625. The van der Waals surface area contributed by atoms with Crippen molar-refractivity contribution in [1.29, 1.82) is 0 Å². The number of nitrogens with one attached hydrogen (secondary N) is 1. The highest BCUT2D eigenvalue weighted by Crippen LogP contribution is 2.26. The number of hydrogen-bond donors (Lipinski definition) is 1. The van der Waals surface area contributed by atoms with Gasteiger partial charge in [-0.2, -0.15) is 0 Å². The first-order valence-electron chi connectivity index (χ1n) is 7.42. The predicted molar refractivity (Wildman–Crippen MR) is 85.2 cm³/mol. The van der Waals surface area contributed by atoms with Gasteiger partial charge in [0.05, 0.1) is 12.7 Å². The SMILES string of the molecule is CCCOc1ccc(Br)cc1CNC1CCCC1OC. The molecule has 1 aliphatic rings. The predicted octanol–water partition coefficient (Wildman–Crippen LogP) is 3.90. The molecule has 4 heteroatoms. The molecule has 0 heterocycles. The topological polar surface area (TPSA) is 30.5 Å². The number of benzene rings is 1. The molecule has 2 rings (SSSR count). The number of ether oxygens (including phenoxy) is 2. The molecule has 0 spiro atoms. The summed E-state index contributed by atoms with van der Waals surface area (Å²) in [7, 11) is 1.81. The molecule has 112 valence electrons. The van der Waals surface area contributed by atoms with Gasteiger partial charge in [0.1, 0.15) is 5.75 Å². The summed E-state index contributed by atoms with van der Waals surface area (Å²) >= 11 is 3.54. The third-order valence-corrected chi connectivity index (χ3v) is 4.29. The Labute approximate surface area is 130 Å². The minimum absolute atomic E-state index is 0.349. The first-order valence-corrected chi connectivity index (χ1v) is 8.21. The van der Waals surface area contributed by atoms with Gasteiger partial charge in [0.2, 0.25) is 0 Å². The van der Waals surface area contributed by atoms with E-state index < -0.39 is 0 Å². The molecule has 2 atom stereocenters. The minimum Gasteiger partial charge on any atom is -0.493 e. The zero-order valence-electron chi connectivity index (χ0n) is 12.3. The highest BCUT2D eigenvalue weighted by Gasteiger charge is 2.26. The van der Waals surface area contributed by atoms with E-state index in [9.17, 15) is 0 Å². The summed E-state index contributed by atoms with van der Waals surface area (Å²) in [5, 5.41) is 3.62. The molecule has 1 saturated carbocycles. The lowest BCUT2D eigenvalue weighted by Crippen LogP contribution is -2.36. The van der Waals surface area contributed by atoms with Crippen molar-refractivity contribution in [3.8, 4) is 5.75 Å². The van der Waals surface area contributed by atoms with Crippen molar-refractivity contribution >= 4 is 15.9 Å². The van der Waals surface area contributed by atoms with Gasteiger partial charge in [-0.1, -0.05) is 22.9 Å². The molecule has 0 bridgehead atoms. The molecule has 1 N–H and O–H groups in total. The second-order valence-corrected chi connectivity index (χ2v) is 6.21. The van der Waals surface area contributed by atoms with Gasteiger partial charge in [0, 0.05) is 29.7 Å². The van der Waals surface area contributed by atoms with Crippen LogP contribution in [0, 0.1) is 0 Å². The summed E-state index contributed by atoms with van der Waals surface area (Å²) in [6.07, 6.45) is 4.97. The molecular formula is C16H24BrNO2. The van der Waals surface area contributed by atoms with Gasteiger partial charge >= 0.3 is 0 Å². The van der Waals surface area contributed by atoms with E-state index in [2.05, 4.69) is 34.2 Å². The molecule has 0 aromatic heterocycles. The van der Waals surface area contributed by atoms with Crippen LogP contribution < -0.4 is 10.1 Å².